The summed E-state index contributed by atoms with van der Waals surface area (Å²) in [4.78, 5) is 0. The highest BCUT2D eigenvalue weighted by Gasteiger charge is 2.65. The minimum atomic E-state index is 0.793. The van der Waals surface area contributed by atoms with Gasteiger partial charge in [-0.15, -0.1) is 0 Å². The van der Waals surface area contributed by atoms with Crippen LogP contribution in [0.25, 0.3) is 0 Å². The van der Waals surface area contributed by atoms with E-state index >= 15 is 0 Å². The fourth-order valence-electron chi connectivity index (χ4n) is 3.23. The molecule has 0 unspecified atom stereocenters. The highest BCUT2D eigenvalue weighted by atomic mass is 127. The molecule has 0 heterocycles. The molecule has 0 nitrogen and oxygen atoms in total. The fraction of sp³-hybridized carbons (Fsp3) is 1.00. The van der Waals surface area contributed by atoms with E-state index in [0.29, 0.717) is 0 Å². The zero-order valence-electron chi connectivity index (χ0n) is 8.74. The summed E-state index contributed by atoms with van der Waals surface area (Å²) in [6.45, 7) is 2.29. The van der Waals surface area contributed by atoms with Gasteiger partial charge in [0.1, 0.15) is 0 Å². The minimum Gasteiger partial charge on any atom is -0.0788 e. The monoisotopic (exact) mass is 292 g/mol. The van der Waals surface area contributed by atoms with Crippen LogP contribution in [0.3, 0.4) is 0 Å². The SMILES string of the molecule is CCCCCCCC12CC(I)(C1)C2. The third-order valence-electron chi connectivity index (χ3n) is 3.89. The van der Waals surface area contributed by atoms with Gasteiger partial charge in [0.2, 0.25) is 0 Å². The molecule has 1 heteroatoms. The summed E-state index contributed by atoms with van der Waals surface area (Å²) >= 11 is 2.68. The van der Waals surface area contributed by atoms with Crippen LogP contribution in [-0.4, -0.2) is 3.42 Å². The van der Waals surface area contributed by atoms with Crippen molar-refractivity contribution < 1.29 is 0 Å². The molecule has 0 aromatic carbocycles. The first kappa shape index (κ1) is 10.3. The van der Waals surface area contributed by atoms with Crippen LogP contribution in [0.1, 0.15) is 64.7 Å². The van der Waals surface area contributed by atoms with Gasteiger partial charge in [-0.1, -0.05) is 61.6 Å². The van der Waals surface area contributed by atoms with Gasteiger partial charge in [-0.3, -0.25) is 0 Å². The van der Waals surface area contributed by atoms with E-state index < -0.39 is 0 Å². The van der Waals surface area contributed by atoms with E-state index in [4.69, 9.17) is 0 Å². The zero-order chi connectivity index (χ0) is 9.36. The summed E-state index contributed by atoms with van der Waals surface area (Å²) in [6.07, 6.45) is 13.5. The summed E-state index contributed by atoms with van der Waals surface area (Å²) in [7, 11) is 0. The largest absolute Gasteiger partial charge is 0.0788 e. The zero-order valence-corrected chi connectivity index (χ0v) is 10.9. The lowest BCUT2D eigenvalue weighted by molar-refractivity contribution is -0.0711. The molecular weight excluding hydrogens is 271 g/mol. The van der Waals surface area contributed by atoms with E-state index in [-0.39, 0.29) is 0 Å². The van der Waals surface area contributed by atoms with Gasteiger partial charge in [0.05, 0.1) is 0 Å². The van der Waals surface area contributed by atoms with Crippen molar-refractivity contribution in [2.45, 2.75) is 68.1 Å². The number of unbranched alkanes of at least 4 members (excludes halogenated alkanes) is 4. The molecule has 0 amide bonds. The van der Waals surface area contributed by atoms with Gasteiger partial charge < -0.3 is 0 Å². The van der Waals surface area contributed by atoms with Crippen LogP contribution in [0.5, 0.6) is 0 Å². The molecule has 0 aromatic rings. The molecule has 3 aliphatic carbocycles. The lowest BCUT2D eigenvalue weighted by Crippen LogP contribution is -2.62. The molecular formula is C12H21I. The van der Waals surface area contributed by atoms with Crippen molar-refractivity contribution in [1.82, 2.24) is 0 Å². The summed E-state index contributed by atoms with van der Waals surface area (Å²) in [5.74, 6) is 0. The standard InChI is InChI=1S/C12H21I/c1-2-3-4-5-6-7-11-8-12(13,9-11)10-11/h2-10H2,1H3. The van der Waals surface area contributed by atoms with Crippen LogP contribution >= 0.6 is 22.6 Å². The fourth-order valence-corrected chi connectivity index (χ4v) is 5.66. The van der Waals surface area contributed by atoms with Gasteiger partial charge in [0.25, 0.3) is 0 Å². The quantitative estimate of drug-likeness (QED) is 0.378. The Morgan fingerprint density at radius 1 is 1.00 bits per heavy atom. The molecule has 3 rings (SSSR count). The highest BCUT2D eigenvalue weighted by Crippen LogP contribution is 2.73. The number of rotatable bonds is 6. The molecule has 0 aliphatic heterocycles. The van der Waals surface area contributed by atoms with Crippen LogP contribution < -0.4 is 0 Å². The Kier molecular flexibility index (Phi) is 2.93. The van der Waals surface area contributed by atoms with Crippen LogP contribution in [0.15, 0.2) is 0 Å². The van der Waals surface area contributed by atoms with Crippen LogP contribution in [0.2, 0.25) is 0 Å². The first-order chi connectivity index (χ1) is 6.18. The number of halogens is 1. The van der Waals surface area contributed by atoms with Crippen molar-refractivity contribution in [2.24, 2.45) is 5.41 Å². The summed E-state index contributed by atoms with van der Waals surface area (Å²) < 4.78 is 0.793. The number of hydrogen-bond acceptors (Lipinski definition) is 0. The molecule has 3 aliphatic rings. The van der Waals surface area contributed by atoms with Crippen LogP contribution in [-0.2, 0) is 0 Å². The lowest BCUT2D eigenvalue weighted by Gasteiger charge is -2.68. The second kappa shape index (κ2) is 3.71. The first-order valence-electron chi connectivity index (χ1n) is 5.87. The maximum atomic E-state index is 2.68. The predicted octanol–water partition coefficient (Wildman–Crippen LogP) is 4.70. The highest BCUT2D eigenvalue weighted by molar-refractivity contribution is 14.1. The molecule has 0 N–H and O–H groups in total. The van der Waals surface area contributed by atoms with Gasteiger partial charge in [0, 0.05) is 3.42 Å². The maximum Gasteiger partial charge on any atom is 0.0238 e. The van der Waals surface area contributed by atoms with Crippen molar-refractivity contribution in [2.75, 3.05) is 0 Å². The Balaban J connectivity index is 1.51. The maximum absolute atomic E-state index is 2.68. The molecule has 2 bridgehead atoms. The second-order valence-electron chi connectivity index (χ2n) is 5.35. The predicted molar refractivity (Wildman–Crippen MR) is 66.4 cm³/mol. The Labute approximate surface area is 96.0 Å². The van der Waals surface area contributed by atoms with E-state index in [1.54, 1.807) is 25.7 Å². The molecule has 0 aromatic heterocycles. The van der Waals surface area contributed by atoms with E-state index in [2.05, 4.69) is 29.5 Å². The van der Waals surface area contributed by atoms with Crippen molar-refractivity contribution >= 4 is 22.6 Å². The lowest BCUT2D eigenvalue weighted by atomic mass is 9.43. The van der Waals surface area contributed by atoms with Gasteiger partial charge in [0.15, 0.2) is 0 Å². The molecule has 3 saturated carbocycles. The van der Waals surface area contributed by atoms with Crippen LogP contribution in [0, 0.1) is 5.41 Å². The van der Waals surface area contributed by atoms with Crippen molar-refractivity contribution in [3.05, 3.63) is 0 Å². The average Bonchev–Trinajstić information content (AvgIpc) is 1.98. The molecule has 3 fully saturated rings. The molecule has 13 heavy (non-hydrogen) atoms. The Morgan fingerprint density at radius 3 is 2.15 bits per heavy atom. The Morgan fingerprint density at radius 2 is 1.62 bits per heavy atom. The molecule has 0 saturated heterocycles. The first-order valence-corrected chi connectivity index (χ1v) is 6.95. The topological polar surface area (TPSA) is 0 Å². The van der Waals surface area contributed by atoms with Crippen molar-refractivity contribution in [3.63, 3.8) is 0 Å². The van der Waals surface area contributed by atoms with Crippen LogP contribution in [0.4, 0.5) is 0 Å². The van der Waals surface area contributed by atoms with Gasteiger partial charge in [-0.2, -0.15) is 0 Å². The van der Waals surface area contributed by atoms with E-state index in [1.807, 2.05) is 0 Å². The van der Waals surface area contributed by atoms with Gasteiger partial charge in [-0.25, -0.2) is 0 Å². The second-order valence-corrected chi connectivity index (χ2v) is 7.63. The Bertz CT molecular complexity index is 166. The van der Waals surface area contributed by atoms with Gasteiger partial charge >= 0.3 is 0 Å². The third kappa shape index (κ3) is 2.05. The summed E-state index contributed by atoms with van der Waals surface area (Å²) in [5, 5.41) is 0. The summed E-state index contributed by atoms with van der Waals surface area (Å²) in [6, 6.07) is 0. The molecule has 0 spiro atoms. The number of hydrogen-bond donors (Lipinski definition) is 0. The minimum absolute atomic E-state index is 0.793. The van der Waals surface area contributed by atoms with E-state index in [9.17, 15) is 0 Å². The molecule has 0 radical (unpaired) electrons. The molecule has 0 atom stereocenters. The van der Waals surface area contributed by atoms with Gasteiger partial charge in [-0.05, 0) is 31.1 Å². The smallest absolute Gasteiger partial charge is 0.0238 e. The third-order valence-corrected chi connectivity index (χ3v) is 5.03. The normalized spacial score (nSPS) is 41.1. The molecule has 76 valence electrons. The van der Waals surface area contributed by atoms with E-state index in [0.717, 1.165) is 8.84 Å². The van der Waals surface area contributed by atoms with Crippen molar-refractivity contribution in [3.8, 4) is 0 Å². The number of alkyl halides is 1. The van der Waals surface area contributed by atoms with Crippen molar-refractivity contribution in [1.29, 1.82) is 0 Å². The average molecular weight is 292 g/mol. The summed E-state index contributed by atoms with van der Waals surface area (Å²) in [5.41, 5.74) is 0.868. The van der Waals surface area contributed by atoms with E-state index in [1.165, 1.54) is 32.1 Å². The Hall–Kier alpha value is 0.730.